The molecule has 0 radical (unpaired) electrons. The molecule has 0 spiro atoms. The van der Waals surface area contributed by atoms with Crippen molar-refractivity contribution in [2.45, 2.75) is 12.0 Å². The van der Waals surface area contributed by atoms with Gasteiger partial charge in [0, 0.05) is 15.6 Å². The molecule has 1 atom stereocenters. The molecule has 1 aliphatic rings. The Kier molecular flexibility index (Phi) is 5.70. The number of rotatable bonds is 7. The van der Waals surface area contributed by atoms with Crippen LogP contribution >= 0.6 is 15.9 Å². The van der Waals surface area contributed by atoms with Crippen LogP contribution in [0.2, 0.25) is 0 Å². The molecule has 0 fully saturated rings. The minimum absolute atomic E-state index is 0.262. The minimum atomic E-state index is -1.90. The number of carbonyl (C=O) groups excluding carboxylic acids is 2. The summed E-state index contributed by atoms with van der Waals surface area (Å²) in [5, 5.41) is 11.3. The summed E-state index contributed by atoms with van der Waals surface area (Å²) in [6, 6.07) is 23.3. The van der Waals surface area contributed by atoms with Crippen LogP contribution in [0.5, 0.6) is 5.75 Å². The lowest BCUT2D eigenvalue weighted by molar-refractivity contribution is -0.135. The van der Waals surface area contributed by atoms with Crippen molar-refractivity contribution in [3.05, 3.63) is 94.5 Å². The lowest BCUT2D eigenvalue weighted by Crippen LogP contribution is -2.43. The SMILES string of the molecule is O=C(C[C@]1(O)C(=O)N(CCOc2ccccc2)c2ccccc21)c1cccc(Br)c1. The Morgan fingerprint density at radius 3 is 2.50 bits per heavy atom. The predicted molar refractivity (Wildman–Crippen MR) is 118 cm³/mol. The standard InChI is InChI=1S/C24H20BrNO4/c25-18-8-6-7-17(15-18)22(27)16-24(29)20-11-4-5-12-21(20)26(23(24)28)13-14-30-19-9-2-1-3-10-19/h1-12,15,29H,13-14,16H2/t24-/m1/s1. The first-order valence-corrected chi connectivity index (χ1v) is 10.4. The second-order valence-electron chi connectivity index (χ2n) is 7.11. The zero-order valence-corrected chi connectivity index (χ0v) is 17.7. The maximum Gasteiger partial charge on any atom is 0.264 e. The molecule has 0 saturated carbocycles. The summed E-state index contributed by atoms with van der Waals surface area (Å²) in [6.07, 6.45) is -0.324. The van der Waals surface area contributed by atoms with Gasteiger partial charge in [0.1, 0.15) is 12.4 Å². The molecule has 1 amide bonds. The van der Waals surface area contributed by atoms with E-state index in [2.05, 4.69) is 15.9 Å². The third-order valence-electron chi connectivity index (χ3n) is 5.13. The number of hydrogen-bond donors (Lipinski definition) is 1. The van der Waals surface area contributed by atoms with Gasteiger partial charge in [-0.05, 0) is 30.3 Å². The molecule has 4 rings (SSSR count). The Bertz CT molecular complexity index is 1090. The zero-order valence-electron chi connectivity index (χ0n) is 16.1. The van der Waals surface area contributed by atoms with Crippen molar-refractivity contribution in [2.24, 2.45) is 0 Å². The van der Waals surface area contributed by atoms with Gasteiger partial charge in [-0.25, -0.2) is 0 Å². The molecule has 5 nitrogen and oxygen atoms in total. The number of hydrogen-bond acceptors (Lipinski definition) is 4. The van der Waals surface area contributed by atoms with Gasteiger partial charge in [-0.2, -0.15) is 0 Å². The average molecular weight is 466 g/mol. The van der Waals surface area contributed by atoms with Gasteiger partial charge in [-0.15, -0.1) is 0 Å². The maximum atomic E-state index is 13.2. The highest BCUT2D eigenvalue weighted by Crippen LogP contribution is 2.42. The van der Waals surface area contributed by atoms with Crippen LogP contribution in [0.1, 0.15) is 22.3 Å². The number of amides is 1. The number of carbonyl (C=O) groups is 2. The van der Waals surface area contributed by atoms with Gasteiger partial charge in [-0.3, -0.25) is 9.59 Å². The lowest BCUT2D eigenvalue weighted by atomic mass is 9.88. The summed E-state index contributed by atoms with van der Waals surface area (Å²) >= 11 is 3.35. The van der Waals surface area contributed by atoms with Crippen molar-refractivity contribution >= 4 is 33.3 Å². The van der Waals surface area contributed by atoms with Crippen LogP contribution in [0.15, 0.2) is 83.3 Å². The van der Waals surface area contributed by atoms with E-state index in [4.69, 9.17) is 4.74 Å². The number of benzene rings is 3. The van der Waals surface area contributed by atoms with Gasteiger partial charge in [0.25, 0.3) is 5.91 Å². The lowest BCUT2D eigenvalue weighted by Gasteiger charge is -2.23. The molecule has 3 aromatic carbocycles. The summed E-state index contributed by atoms with van der Waals surface area (Å²) in [4.78, 5) is 27.6. The number of fused-ring (bicyclic) bond motifs is 1. The molecule has 30 heavy (non-hydrogen) atoms. The monoisotopic (exact) mass is 465 g/mol. The van der Waals surface area contributed by atoms with E-state index in [1.165, 1.54) is 4.90 Å². The molecule has 3 aromatic rings. The fourth-order valence-corrected chi connectivity index (χ4v) is 4.07. The normalized spacial score (nSPS) is 17.7. The Hall–Kier alpha value is -2.96. The van der Waals surface area contributed by atoms with Gasteiger partial charge in [-0.1, -0.05) is 64.5 Å². The van der Waals surface area contributed by atoms with Crippen molar-refractivity contribution in [1.29, 1.82) is 0 Å². The third-order valence-corrected chi connectivity index (χ3v) is 5.62. The van der Waals surface area contributed by atoms with E-state index in [9.17, 15) is 14.7 Å². The van der Waals surface area contributed by atoms with Crippen LogP contribution in [0.25, 0.3) is 0 Å². The average Bonchev–Trinajstić information content (AvgIpc) is 2.96. The fourth-order valence-electron chi connectivity index (χ4n) is 3.67. The first-order chi connectivity index (χ1) is 14.5. The first-order valence-electron chi connectivity index (χ1n) is 9.59. The molecule has 0 saturated heterocycles. The summed E-state index contributed by atoms with van der Waals surface area (Å²) < 4.78 is 6.48. The van der Waals surface area contributed by atoms with Gasteiger partial charge in [0.2, 0.25) is 0 Å². The number of aliphatic hydroxyl groups is 1. The van der Waals surface area contributed by atoms with Crippen molar-refractivity contribution < 1.29 is 19.4 Å². The molecule has 1 heterocycles. The second-order valence-corrected chi connectivity index (χ2v) is 8.02. The van der Waals surface area contributed by atoms with Crippen LogP contribution in [0.3, 0.4) is 0 Å². The largest absolute Gasteiger partial charge is 0.492 e. The molecular formula is C24H20BrNO4. The van der Waals surface area contributed by atoms with Crippen molar-refractivity contribution in [1.82, 2.24) is 0 Å². The van der Waals surface area contributed by atoms with E-state index in [0.29, 0.717) is 22.6 Å². The number of para-hydroxylation sites is 2. The van der Waals surface area contributed by atoms with Crippen molar-refractivity contribution in [3.8, 4) is 5.75 Å². The van der Waals surface area contributed by atoms with Gasteiger partial charge >= 0.3 is 0 Å². The van der Waals surface area contributed by atoms with Crippen molar-refractivity contribution in [2.75, 3.05) is 18.1 Å². The van der Waals surface area contributed by atoms with Gasteiger partial charge in [0.15, 0.2) is 11.4 Å². The van der Waals surface area contributed by atoms with Crippen molar-refractivity contribution in [3.63, 3.8) is 0 Å². The Morgan fingerprint density at radius 1 is 1.00 bits per heavy atom. The fraction of sp³-hybridized carbons (Fsp3) is 0.167. The second kappa shape index (κ2) is 8.42. The van der Waals surface area contributed by atoms with Crippen LogP contribution in [0, 0.1) is 0 Å². The van der Waals surface area contributed by atoms with E-state index < -0.39 is 11.5 Å². The summed E-state index contributed by atoms with van der Waals surface area (Å²) in [5.74, 6) is -0.106. The van der Waals surface area contributed by atoms with E-state index in [0.717, 1.165) is 4.47 Å². The number of ether oxygens (including phenoxy) is 1. The highest BCUT2D eigenvalue weighted by molar-refractivity contribution is 9.10. The number of Topliss-reactive ketones (excluding diaryl/α,β-unsaturated/α-hetero) is 1. The summed E-state index contributed by atoms with van der Waals surface area (Å²) in [5.41, 5.74) is -0.418. The number of ketones is 1. The molecule has 6 heteroatoms. The van der Waals surface area contributed by atoms with Gasteiger partial charge in [0.05, 0.1) is 18.7 Å². The van der Waals surface area contributed by atoms with Crippen LogP contribution in [-0.2, 0) is 10.4 Å². The zero-order chi connectivity index (χ0) is 21.1. The number of anilines is 1. The molecule has 152 valence electrons. The third kappa shape index (κ3) is 3.88. The molecule has 0 aliphatic carbocycles. The Labute approximate surface area is 183 Å². The van der Waals surface area contributed by atoms with E-state index in [1.54, 1.807) is 42.5 Å². The molecule has 0 bridgehead atoms. The summed E-state index contributed by atoms with van der Waals surface area (Å²) in [6.45, 7) is 0.526. The van der Waals surface area contributed by atoms with E-state index in [-0.39, 0.29) is 25.4 Å². The Morgan fingerprint density at radius 2 is 1.73 bits per heavy atom. The summed E-state index contributed by atoms with van der Waals surface area (Å²) in [7, 11) is 0. The first kappa shape index (κ1) is 20.3. The Balaban J connectivity index is 1.55. The highest BCUT2D eigenvalue weighted by atomic mass is 79.9. The maximum absolute atomic E-state index is 13.2. The van der Waals surface area contributed by atoms with Crippen LogP contribution in [0.4, 0.5) is 5.69 Å². The molecule has 0 aromatic heterocycles. The highest BCUT2D eigenvalue weighted by Gasteiger charge is 2.50. The topological polar surface area (TPSA) is 66.8 Å². The molecular weight excluding hydrogens is 446 g/mol. The van der Waals surface area contributed by atoms with Crippen LogP contribution in [-0.4, -0.2) is 29.9 Å². The molecule has 1 N–H and O–H groups in total. The molecule has 1 aliphatic heterocycles. The van der Waals surface area contributed by atoms with E-state index >= 15 is 0 Å². The predicted octanol–water partition coefficient (Wildman–Crippen LogP) is 4.34. The van der Waals surface area contributed by atoms with E-state index in [1.807, 2.05) is 36.4 Å². The minimum Gasteiger partial charge on any atom is -0.492 e. The van der Waals surface area contributed by atoms with Gasteiger partial charge < -0.3 is 14.7 Å². The van der Waals surface area contributed by atoms with Crippen LogP contribution < -0.4 is 9.64 Å². The number of halogens is 1. The molecule has 0 unspecified atom stereocenters. The number of nitrogens with zero attached hydrogens (tertiary/aromatic N) is 1. The smallest absolute Gasteiger partial charge is 0.264 e. The quantitative estimate of drug-likeness (QED) is 0.527.